The van der Waals surface area contributed by atoms with Crippen LogP contribution in [0.2, 0.25) is 5.15 Å². The van der Waals surface area contributed by atoms with Crippen molar-refractivity contribution in [2.24, 2.45) is 0 Å². The van der Waals surface area contributed by atoms with Gasteiger partial charge in [-0.2, -0.15) is 0 Å². The maximum Gasteiger partial charge on any atom is 0.189 e. The lowest BCUT2D eigenvalue weighted by molar-refractivity contribution is -0.0302. The molecule has 1 fully saturated rings. The Bertz CT molecular complexity index is 983. The maximum atomic E-state index is 6.46. The second-order valence-corrected chi connectivity index (χ2v) is 7.65. The lowest BCUT2D eigenvalue weighted by atomic mass is 10.2. The van der Waals surface area contributed by atoms with Gasteiger partial charge in [-0.15, -0.1) is 11.3 Å². The molecular formula is C19H20ClN5OS. The molecule has 4 rings (SSSR count). The predicted molar refractivity (Wildman–Crippen MR) is 107 cm³/mol. The summed E-state index contributed by atoms with van der Waals surface area (Å²) in [6, 6.07) is 0. The second-order valence-electron chi connectivity index (χ2n) is 6.41. The zero-order valence-electron chi connectivity index (χ0n) is 15.1. The Labute approximate surface area is 167 Å². The van der Waals surface area contributed by atoms with E-state index in [2.05, 4.69) is 33.7 Å². The van der Waals surface area contributed by atoms with Gasteiger partial charge in [0.25, 0.3) is 0 Å². The number of ether oxygens (including phenoxy) is 1. The number of hydrogen-bond acceptors (Lipinski definition) is 6. The summed E-state index contributed by atoms with van der Waals surface area (Å²) in [5.74, 6) is 7.62. The van der Waals surface area contributed by atoms with Crippen LogP contribution in [0.3, 0.4) is 0 Å². The average molecular weight is 402 g/mol. The van der Waals surface area contributed by atoms with Crippen molar-refractivity contribution in [1.82, 2.24) is 24.5 Å². The summed E-state index contributed by atoms with van der Waals surface area (Å²) in [6.07, 6.45) is 7.74. The molecule has 3 aromatic rings. The number of fused-ring (bicyclic) bond motifs is 1. The first kappa shape index (κ1) is 18.4. The summed E-state index contributed by atoms with van der Waals surface area (Å²) >= 11 is 7.93. The molecule has 0 aliphatic carbocycles. The molecule has 0 radical (unpaired) electrons. The highest BCUT2D eigenvalue weighted by atomic mass is 35.5. The third kappa shape index (κ3) is 3.84. The highest BCUT2D eigenvalue weighted by Crippen LogP contribution is 2.32. The fraction of sp³-hybridized carbons (Fsp3) is 0.474. The van der Waals surface area contributed by atoms with E-state index < -0.39 is 0 Å². The standard InChI is InChI=1S/C19H20ClN5OS/c1-2-3-4-5-8-14-22-16-17(20)23-18(13-11-21-12-27-13)24-19(16)25(14)15-9-6-7-10-26-15/h11-12,15H,2-4,6-7,9-10H2,1H3. The van der Waals surface area contributed by atoms with Gasteiger partial charge >= 0.3 is 0 Å². The van der Waals surface area contributed by atoms with Crippen molar-refractivity contribution in [3.63, 3.8) is 0 Å². The third-order valence-corrected chi connectivity index (χ3v) is 5.48. The topological polar surface area (TPSA) is 65.7 Å². The van der Waals surface area contributed by atoms with Gasteiger partial charge in [-0.3, -0.25) is 9.55 Å². The van der Waals surface area contributed by atoms with Gasteiger partial charge in [-0.05, 0) is 31.6 Å². The molecule has 1 unspecified atom stereocenters. The number of aromatic nitrogens is 5. The van der Waals surface area contributed by atoms with E-state index in [4.69, 9.17) is 21.3 Å². The molecule has 1 aliphatic heterocycles. The summed E-state index contributed by atoms with van der Waals surface area (Å²) in [7, 11) is 0. The fourth-order valence-corrected chi connectivity index (χ4v) is 3.83. The van der Waals surface area contributed by atoms with Crippen LogP contribution in [-0.2, 0) is 4.74 Å². The van der Waals surface area contributed by atoms with Crippen LogP contribution in [0.15, 0.2) is 11.7 Å². The predicted octanol–water partition coefficient (Wildman–Crippen LogP) is 4.84. The van der Waals surface area contributed by atoms with Crippen molar-refractivity contribution >= 4 is 34.1 Å². The zero-order valence-corrected chi connectivity index (χ0v) is 16.7. The molecule has 0 amide bonds. The number of rotatable bonds is 4. The second kappa shape index (κ2) is 8.34. The van der Waals surface area contributed by atoms with Crippen LogP contribution in [0, 0.1) is 11.8 Å². The molecule has 1 aliphatic rings. The molecule has 8 heteroatoms. The molecule has 4 heterocycles. The minimum atomic E-state index is -0.125. The Morgan fingerprint density at radius 1 is 1.33 bits per heavy atom. The van der Waals surface area contributed by atoms with Crippen LogP contribution in [0.25, 0.3) is 21.9 Å². The van der Waals surface area contributed by atoms with Crippen LogP contribution in [0.4, 0.5) is 0 Å². The Kier molecular flexibility index (Phi) is 5.67. The lowest BCUT2D eigenvalue weighted by Crippen LogP contribution is -2.19. The average Bonchev–Trinajstić information content (AvgIpc) is 3.34. The van der Waals surface area contributed by atoms with Gasteiger partial charge in [0.05, 0.1) is 10.4 Å². The largest absolute Gasteiger partial charge is 0.358 e. The minimum Gasteiger partial charge on any atom is -0.358 e. The molecular weight excluding hydrogens is 382 g/mol. The quantitative estimate of drug-likeness (QED) is 0.355. The first-order valence-electron chi connectivity index (χ1n) is 9.22. The van der Waals surface area contributed by atoms with Gasteiger partial charge < -0.3 is 4.74 Å². The fourth-order valence-electron chi connectivity index (χ4n) is 3.07. The van der Waals surface area contributed by atoms with E-state index >= 15 is 0 Å². The molecule has 6 nitrogen and oxygen atoms in total. The molecule has 0 spiro atoms. The molecule has 1 saturated heterocycles. The Morgan fingerprint density at radius 2 is 2.26 bits per heavy atom. The van der Waals surface area contributed by atoms with E-state index in [1.165, 1.54) is 11.3 Å². The number of hydrogen-bond donors (Lipinski definition) is 0. The maximum absolute atomic E-state index is 6.46. The van der Waals surface area contributed by atoms with Gasteiger partial charge in [-0.25, -0.2) is 15.0 Å². The molecule has 140 valence electrons. The first-order valence-corrected chi connectivity index (χ1v) is 10.5. The van der Waals surface area contributed by atoms with Crippen molar-refractivity contribution in [1.29, 1.82) is 0 Å². The van der Waals surface area contributed by atoms with E-state index in [0.29, 0.717) is 28.0 Å². The van der Waals surface area contributed by atoms with Crippen LogP contribution in [-0.4, -0.2) is 31.1 Å². The van der Waals surface area contributed by atoms with Crippen LogP contribution >= 0.6 is 22.9 Å². The number of unbranched alkanes of at least 4 members (excludes halogenated alkanes) is 2. The van der Waals surface area contributed by atoms with E-state index in [9.17, 15) is 0 Å². The highest BCUT2D eigenvalue weighted by molar-refractivity contribution is 7.13. The number of halogens is 1. The number of nitrogens with zero attached hydrogens (tertiary/aromatic N) is 5. The number of thiazole rings is 1. The summed E-state index contributed by atoms with van der Waals surface area (Å²) in [5.41, 5.74) is 2.99. The van der Waals surface area contributed by atoms with Crippen molar-refractivity contribution in [2.75, 3.05) is 6.61 Å². The van der Waals surface area contributed by atoms with E-state index in [1.807, 2.05) is 4.57 Å². The third-order valence-electron chi connectivity index (χ3n) is 4.45. The first-order chi connectivity index (χ1) is 13.3. The smallest absolute Gasteiger partial charge is 0.189 e. The molecule has 0 saturated carbocycles. The van der Waals surface area contributed by atoms with Gasteiger partial charge in [0, 0.05) is 19.2 Å². The molecule has 0 N–H and O–H groups in total. The lowest BCUT2D eigenvalue weighted by Gasteiger charge is -2.24. The van der Waals surface area contributed by atoms with Gasteiger partial charge in [0.15, 0.2) is 22.4 Å². The van der Waals surface area contributed by atoms with Crippen molar-refractivity contribution < 1.29 is 4.74 Å². The van der Waals surface area contributed by atoms with Crippen molar-refractivity contribution in [2.45, 2.75) is 51.7 Å². The van der Waals surface area contributed by atoms with Crippen molar-refractivity contribution in [3.8, 4) is 22.5 Å². The van der Waals surface area contributed by atoms with Crippen molar-refractivity contribution in [3.05, 3.63) is 22.7 Å². The Hall–Kier alpha value is -2.01. The van der Waals surface area contributed by atoms with Gasteiger partial charge in [0.1, 0.15) is 11.7 Å². The number of imidazole rings is 1. The van der Waals surface area contributed by atoms with Crippen LogP contribution in [0.1, 0.15) is 57.5 Å². The van der Waals surface area contributed by atoms with E-state index in [0.717, 1.165) is 50.0 Å². The monoisotopic (exact) mass is 401 g/mol. The normalized spacial score (nSPS) is 17.0. The summed E-state index contributed by atoms with van der Waals surface area (Å²) in [5, 5.41) is 0.328. The Morgan fingerprint density at radius 3 is 3.00 bits per heavy atom. The summed E-state index contributed by atoms with van der Waals surface area (Å²) in [4.78, 5) is 18.8. The van der Waals surface area contributed by atoms with Gasteiger partial charge in [0.2, 0.25) is 0 Å². The zero-order chi connectivity index (χ0) is 18.6. The molecule has 0 bridgehead atoms. The highest BCUT2D eigenvalue weighted by Gasteiger charge is 2.25. The van der Waals surface area contributed by atoms with Crippen LogP contribution in [0.5, 0.6) is 0 Å². The van der Waals surface area contributed by atoms with E-state index in [1.54, 1.807) is 11.7 Å². The Balaban J connectivity index is 1.85. The molecule has 0 aromatic carbocycles. The summed E-state index contributed by atoms with van der Waals surface area (Å²) < 4.78 is 8.00. The van der Waals surface area contributed by atoms with E-state index in [-0.39, 0.29) is 6.23 Å². The summed E-state index contributed by atoms with van der Waals surface area (Å²) in [6.45, 7) is 2.89. The minimum absolute atomic E-state index is 0.125. The van der Waals surface area contributed by atoms with Gasteiger partial charge in [-0.1, -0.05) is 30.9 Å². The molecule has 1 atom stereocenters. The van der Waals surface area contributed by atoms with Crippen LogP contribution < -0.4 is 0 Å². The molecule has 27 heavy (non-hydrogen) atoms. The SMILES string of the molecule is CCCCC#Cc1nc2c(Cl)nc(-c3cncs3)nc2n1C1CCCCO1. The molecule has 3 aromatic heterocycles.